The van der Waals surface area contributed by atoms with Crippen LogP contribution >= 0.6 is 23.2 Å². The number of nitrogens with zero attached hydrogens (tertiary/aromatic N) is 1. The molecule has 1 saturated heterocycles. The Hall–Kier alpha value is -1.99. The molecule has 1 aliphatic heterocycles. The zero-order chi connectivity index (χ0) is 21.7. The summed E-state index contributed by atoms with van der Waals surface area (Å²) in [5.41, 5.74) is 5.83. The SMILES string of the molecule is N/C(=N\C(=O)OC[C@H]1O[C@H](O)[C@H](O)[C@@H](O)[C@@H]1O)NC(=O)Cc1c(Cl)cccc1Cl. The Labute approximate surface area is 174 Å². The highest BCUT2D eigenvalue weighted by Crippen LogP contribution is 2.24. The zero-order valence-corrected chi connectivity index (χ0v) is 16.2. The Morgan fingerprint density at radius 3 is 2.38 bits per heavy atom. The average molecular weight is 452 g/mol. The second kappa shape index (κ2) is 10.2. The number of ether oxygens (including phenoxy) is 2. The number of aliphatic imine (C=N–C) groups is 1. The molecule has 11 nitrogen and oxygen atoms in total. The van der Waals surface area contributed by atoms with Crippen molar-refractivity contribution in [1.82, 2.24) is 5.32 Å². The lowest BCUT2D eigenvalue weighted by Crippen LogP contribution is -2.58. The number of nitrogens with one attached hydrogen (secondary N) is 1. The van der Waals surface area contributed by atoms with Crippen LogP contribution < -0.4 is 11.1 Å². The Bertz CT molecular complexity index is 773. The van der Waals surface area contributed by atoms with E-state index in [-0.39, 0.29) is 16.5 Å². The summed E-state index contributed by atoms with van der Waals surface area (Å²) in [7, 11) is 0. The molecular weight excluding hydrogens is 433 g/mol. The smallest absolute Gasteiger partial charge is 0.436 e. The lowest BCUT2D eigenvalue weighted by atomic mass is 9.99. The molecule has 0 spiro atoms. The molecule has 1 heterocycles. The van der Waals surface area contributed by atoms with Crippen LogP contribution in [0.15, 0.2) is 23.2 Å². The Morgan fingerprint density at radius 2 is 1.76 bits per heavy atom. The first-order valence-electron chi connectivity index (χ1n) is 8.21. The lowest BCUT2D eigenvalue weighted by molar-refractivity contribution is -0.286. The first-order chi connectivity index (χ1) is 13.6. The fourth-order valence-electron chi connectivity index (χ4n) is 2.43. The molecule has 1 aromatic rings. The van der Waals surface area contributed by atoms with Crippen LogP contribution in [0.3, 0.4) is 0 Å². The Kier molecular flexibility index (Phi) is 8.16. The predicted octanol–water partition coefficient (Wildman–Crippen LogP) is -1.10. The summed E-state index contributed by atoms with van der Waals surface area (Å²) in [6.45, 7) is -0.610. The molecule has 2 amide bonds. The van der Waals surface area contributed by atoms with Crippen molar-refractivity contribution >= 4 is 41.2 Å². The van der Waals surface area contributed by atoms with Crippen LogP contribution in [-0.4, -0.2) is 75.7 Å². The van der Waals surface area contributed by atoms with Crippen molar-refractivity contribution < 1.29 is 39.5 Å². The van der Waals surface area contributed by atoms with Crippen LogP contribution in [0.2, 0.25) is 10.0 Å². The summed E-state index contributed by atoms with van der Waals surface area (Å²) in [4.78, 5) is 27.0. The molecule has 29 heavy (non-hydrogen) atoms. The van der Waals surface area contributed by atoms with E-state index in [1.807, 2.05) is 0 Å². The van der Waals surface area contributed by atoms with Crippen molar-refractivity contribution in [1.29, 1.82) is 0 Å². The predicted molar refractivity (Wildman–Crippen MR) is 100 cm³/mol. The minimum absolute atomic E-state index is 0.218. The maximum Gasteiger partial charge on any atom is 0.436 e. The summed E-state index contributed by atoms with van der Waals surface area (Å²) in [5, 5.41) is 40.8. The molecule has 1 aromatic carbocycles. The number of hydrogen-bond donors (Lipinski definition) is 6. The largest absolute Gasteiger partial charge is 0.445 e. The highest BCUT2D eigenvalue weighted by molar-refractivity contribution is 6.36. The summed E-state index contributed by atoms with van der Waals surface area (Å²) >= 11 is 11.9. The molecule has 0 unspecified atom stereocenters. The number of guanidine groups is 1. The molecule has 0 saturated carbocycles. The normalized spacial score (nSPS) is 27.4. The van der Waals surface area contributed by atoms with E-state index >= 15 is 0 Å². The topological polar surface area (TPSA) is 184 Å². The lowest BCUT2D eigenvalue weighted by Gasteiger charge is -2.37. The van der Waals surface area contributed by atoms with E-state index in [9.17, 15) is 30.0 Å². The third-order valence-electron chi connectivity index (χ3n) is 3.94. The van der Waals surface area contributed by atoms with Gasteiger partial charge in [0, 0.05) is 10.0 Å². The molecule has 1 aliphatic rings. The van der Waals surface area contributed by atoms with E-state index in [4.69, 9.17) is 38.4 Å². The van der Waals surface area contributed by atoms with Crippen LogP contribution in [0.25, 0.3) is 0 Å². The molecule has 1 fully saturated rings. The maximum atomic E-state index is 12.0. The van der Waals surface area contributed by atoms with Gasteiger partial charge >= 0.3 is 6.09 Å². The number of halogens is 2. The van der Waals surface area contributed by atoms with Gasteiger partial charge in [-0.25, -0.2) is 4.79 Å². The number of carbonyl (C=O) groups is 2. The van der Waals surface area contributed by atoms with Gasteiger partial charge in [-0.05, 0) is 17.7 Å². The minimum atomic E-state index is -1.78. The van der Waals surface area contributed by atoms with Gasteiger partial charge in [-0.2, -0.15) is 0 Å². The van der Waals surface area contributed by atoms with E-state index < -0.39 is 55.3 Å². The molecule has 0 bridgehead atoms. The van der Waals surface area contributed by atoms with Gasteiger partial charge in [-0.3, -0.25) is 10.1 Å². The molecule has 0 aromatic heterocycles. The van der Waals surface area contributed by atoms with E-state index in [1.165, 1.54) is 0 Å². The molecular formula is C16H19Cl2N3O8. The van der Waals surface area contributed by atoms with E-state index in [0.29, 0.717) is 5.56 Å². The number of aliphatic hydroxyl groups excluding tert-OH is 4. The second-order valence-corrected chi connectivity index (χ2v) is 6.85. The summed E-state index contributed by atoms with van der Waals surface area (Å²) in [6, 6.07) is 4.72. The van der Waals surface area contributed by atoms with Gasteiger partial charge in [0.25, 0.3) is 0 Å². The number of hydrogen-bond acceptors (Lipinski definition) is 8. The van der Waals surface area contributed by atoms with Gasteiger partial charge in [0.2, 0.25) is 11.9 Å². The van der Waals surface area contributed by atoms with E-state index in [1.54, 1.807) is 18.2 Å². The molecule has 2 rings (SSSR count). The van der Waals surface area contributed by atoms with Crippen molar-refractivity contribution in [3.05, 3.63) is 33.8 Å². The van der Waals surface area contributed by atoms with E-state index in [0.717, 1.165) is 0 Å². The van der Waals surface area contributed by atoms with Crippen molar-refractivity contribution in [2.75, 3.05) is 6.61 Å². The van der Waals surface area contributed by atoms with Crippen molar-refractivity contribution in [3.8, 4) is 0 Å². The number of aliphatic hydroxyl groups is 4. The Balaban J connectivity index is 1.86. The van der Waals surface area contributed by atoms with Gasteiger partial charge in [0.15, 0.2) is 6.29 Å². The van der Waals surface area contributed by atoms with Crippen LogP contribution in [-0.2, 0) is 20.7 Å². The average Bonchev–Trinajstić information content (AvgIpc) is 2.64. The van der Waals surface area contributed by atoms with Crippen LogP contribution in [0.1, 0.15) is 5.56 Å². The van der Waals surface area contributed by atoms with Crippen LogP contribution in [0.4, 0.5) is 4.79 Å². The molecule has 0 aliphatic carbocycles. The summed E-state index contributed by atoms with van der Waals surface area (Å²) in [6.07, 6.45) is -9.59. The number of rotatable bonds is 4. The zero-order valence-electron chi connectivity index (χ0n) is 14.7. The van der Waals surface area contributed by atoms with E-state index in [2.05, 4.69) is 10.3 Å². The summed E-state index contributed by atoms with van der Waals surface area (Å²) < 4.78 is 9.54. The Morgan fingerprint density at radius 1 is 1.14 bits per heavy atom. The van der Waals surface area contributed by atoms with Gasteiger partial charge in [0.05, 0.1) is 6.42 Å². The van der Waals surface area contributed by atoms with Crippen molar-refractivity contribution in [2.45, 2.75) is 37.1 Å². The van der Waals surface area contributed by atoms with Gasteiger partial charge in [-0.1, -0.05) is 29.3 Å². The minimum Gasteiger partial charge on any atom is -0.445 e. The van der Waals surface area contributed by atoms with Gasteiger partial charge in [-0.15, -0.1) is 4.99 Å². The molecule has 160 valence electrons. The molecule has 5 atom stereocenters. The number of benzene rings is 1. The first kappa shape index (κ1) is 23.3. The highest BCUT2D eigenvalue weighted by atomic mass is 35.5. The van der Waals surface area contributed by atoms with Gasteiger partial charge in [0.1, 0.15) is 31.0 Å². The van der Waals surface area contributed by atoms with Crippen molar-refractivity contribution in [3.63, 3.8) is 0 Å². The molecule has 7 N–H and O–H groups in total. The number of nitrogens with two attached hydrogens (primary N) is 1. The van der Waals surface area contributed by atoms with Crippen LogP contribution in [0.5, 0.6) is 0 Å². The third-order valence-corrected chi connectivity index (χ3v) is 4.64. The van der Waals surface area contributed by atoms with Crippen LogP contribution in [0, 0.1) is 0 Å². The summed E-state index contributed by atoms with van der Waals surface area (Å²) in [5.74, 6) is -1.20. The number of amides is 2. The van der Waals surface area contributed by atoms with Crippen molar-refractivity contribution in [2.24, 2.45) is 10.7 Å². The fraction of sp³-hybridized carbons (Fsp3) is 0.438. The quantitative estimate of drug-likeness (QED) is 0.244. The fourth-order valence-corrected chi connectivity index (χ4v) is 2.96. The monoisotopic (exact) mass is 451 g/mol. The number of carbonyl (C=O) groups excluding carboxylic acids is 2. The third kappa shape index (κ3) is 6.24. The van der Waals surface area contributed by atoms with Gasteiger partial charge < -0.3 is 35.6 Å². The molecule has 13 heteroatoms. The second-order valence-electron chi connectivity index (χ2n) is 6.04. The first-order valence-corrected chi connectivity index (χ1v) is 8.97. The standard InChI is InChI=1S/C16H19Cl2N3O8/c17-7-2-1-3-8(18)6(7)4-10(22)20-15(19)21-16(27)28-5-9-11(23)12(24)13(25)14(26)29-9/h1-3,9,11-14,23-26H,4-5H2,(H3,19,20,21,22,27)/t9-,11-,12+,13-,14+/m1/s1. The molecule has 0 radical (unpaired) electrons. The highest BCUT2D eigenvalue weighted by Gasteiger charge is 2.43. The maximum absolute atomic E-state index is 12.0.